The van der Waals surface area contributed by atoms with E-state index in [1.165, 1.54) is 11.1 Å². The van der Waals surface area contributed by atoms with Gasteiger partial charge in [-0.3, -0.25) is 4.90 Å². The minimum atomic E-state index is -0.00280. The molecule has 1 fully saturated rings. The molecular formula is C14H21N3O. The number of anilines is 1. The summed E-state index contributed by atoms with van der Waals surface area (Å²) < 4.78 is 0. The molecule has 98 valence electrons. The van der Waals surface area contributed by atoms with Crippen LogP contribution in [0.2, 0.25) is 0 Å². The molecule has 0 saturated carbocycles. The van der Waals surface area contributed by atoms with Crippen LogP contribution in [-0.4, -0.2) is 25.7 Å². The first-order valence-corrected chi connectivity index (χ1v) is 6.45. The van der Waals surface area contributed by atoms with E-state index in [1.54, 1.807) is 0 Å². The van der Waals surface area contributed by atoms with Crippen LogP contribution in [0.5, 0.6) is 0 Å². The molecule has 1 unspecified atom stereocenters. The zero-order valence-electron chi connectivity index (χ0n) is 11.1. The molecule has 1 aromatic carbocycles. The van der Waals surface area contributed by atoms with Crippen molar-refractivity contribution in [1.29, 1.82) is 0 Å². The molecule has 0 bridgehead atoms. The van der Waals surface area contributed by atoms with Crippen LogP contribution in [0.25, 0.3) is 0 Å². The molecule has 2 rings (SSSR count). The number of hydrogen-bond acceptors (Lipinski definition) is 2. The summed E-state index contributed by atoms with van der Waals surface area (Å²) in [5.74, 6) is 0.438. The van der Waals surface area contributed by atoms with Gasteiger partial charge < -0.3 is 11.1 Å². The molecule has 1 heterocycles. The summed E-state index contributed by atoms with van der Waals surface area (Å²) in [7, 11) is 0. The number of carbonyl (C=O) groups excluding carboxylic acids is 1. The van der Waals surface area contributed by atoms with Gasteiger partial charge in [0, 0.05) is 18.8 Å². The molecular weight excluding hydrogens is 226 g/mol. The largest absolute Gasteiger partial charge is 0.337 e. The molecule has 0 aliphatic carbocycles. The van der Waals surface area contributed by atoms with E-state index in [1.807, 2.05) is 17.0 Å². The lowest BCUT2D eigenvalue weighted by Crippen LogP contribution is -2.51. The maximum atomic E-state index is 12.0. The number of carbonyl (C=O) groups is 1. The fourth-order valence-electron chi connectivity index (χ4n) is 2.40. The van der Waals surface area contributed by atoms with E-state index in [-0.39, 0.29) is 6.03 Å². The van der Waals surface area contributed by atoms with Gasteiger partial charge in [0.1, 0.15) is 0 Å². The Morgan fingerprint density at radius 2 is 2.22 bits per heavy atom. The first-order valence-electron chi connectivity index (χ1n) is 6.45. The lowest BCUT2D eigenvalue weighted by atomic mass is 10.0. The Morgan fingerprint density at radius 1 is 1.44 bits per heavy atom. The van der Waals surface area contributed by atoms with Crippen molar-refractivity contribution in [3.8, 4) is 0 Å². The molecule has 1 saturated heterocycles. The van der Waals surface area contributed by atoms with Crippen LogP contribution >= 0.6 is 0 Å². The smallest absolute Gasteiger partial charge is 0.321 e. The molecule has 0 aromatic heterocycles. The average molecular weight is 247 g/mol. The van der Waals surface area contributed by atoms with Gasteiger partial charge in [0.25, 0.3) is 0 Å². The second-order valence-corrected chi connectivity index (χ2v) is 4.96. The molecule has 18 heavy (non-hydrogen) atoms. The Labute approximate surface area is 108 Å². The zero-order valence-corrected chi connectivity index (χ0v) is 11.1. The first kappa shape index (κ1) is 12.9. The van der Waals surface area contributed by atoms with Crippen molar-refractivity contribution >= 4 is 11.7 Å². The molecule has 4 heteroatoms. The standard InChI is InChI=1S/C14H21N3O/c1-10-4-3-5-13(11(10)2)17-9-12(6-7-15)8-16-14(17)18/h3-5,12H,6-9,15H2,1-2H3,(H,16,18). The lowest BCUT2D eigenvalue weighted by Gasteiger charge is -2.34. The van der Waals surface area contributed by atoms with Gasteiger partial charge in [-0.2, -0.15) is 0 Å². The summed E-state index contributed by atoms with van der Waals surface area (Å²) in [6.07, 6.45) is 0.946. The third-order valence-electron chi connectivity index (χ3n) is 3.67. The number of hydrogen-bond donors (Lipinski definition) is 2. The van der Waals surface area contributed by atoms with Crippen molar-refractivity contribution in [2.75, 3.05) is 24.5 Å². The second-order valence-electron chi connectivity index (χ2n) is 4.96. The Bertz CT molecular complexity index is 445. The van der Waals surface area contributed by atoms with Crippen LogP contribution in [0.1, 0.15) is 17.5 Å². The summed E-state index contributed by atoms with van der Waals surface area (Å²) in [6.45, 7) is 6.29. The quantitative estimate of drug-likeness (QED) is 0.855. The van der Waals surface area contributed by atoms with Crippen molar-refractivity contribution in [2.45, 2.75) is 20.3 Å². The van der Waals surface area contributed by atoms with Gasteiger partial charge in [-0.15, -0.1) is 0 Å². The molecule has 2 amide bonds. The topological polar surface area (TPSA) is 58.4 Å². The van der Waals surface area contributed by atoms with E-state index in [0.717, 1.165) is 25.2 Å². The third kappa shape index (κ3) is 2.48. The highest BCUT2D eigenvalue weighted by Gasteiger charge is 2.26. The third-order valence-corrected chi connectivity index (χ3v) is 3.67. The number of nitrogens with zero attached hydrogens (tertiary/aromatic N) is 1. The van der Waals surface area contributed by atoms with Crippen molar-refractivity contribution in [3.63, 3.8) is 0 Å². The number of urea groups is 1. The zero-order chi connectivity index (χ0) is 13.1. The number of nitrogens with one attached hydrogen (secondary N) is 1. The normalized spacial score (nSPS) is 19.8. The van der Waals surface area contributed by atoms with Crippen LogP contribution in [0.15, 0.2) is 18.2 Å². The van der Waals surface area contributed by atoms with Gasteiger partial charge in [-0.1, -0.05) is 12.1 Å². The Kier molecular flexibility index (Phi) is 3.87. The molecule has 4 nitrogen and oxygen atoms in total. The summed E-state index contributed by atoms with van der Waals surface area (Å²) in [6, 6.07) is 6.07. The summed E-state index contributed by atoms with van der Waals surface area (Å²) >= 11 is 0. The number of benzene rings is 1. The molecule has 0 spiro atoms. The maximum Gasteiger partial charge on any atom is 0.321 e. The molecule has 1 aliphatic rings. The van der Waals surface area contributed by atoms with Crippen molar-refractivity contribution in [3.05, 3.63) is 29.3 Å². The number of amides is 2. The molecule has 1 aliphatic heterocycles. The van der Waals surface area contributed by atoms with Crippen LogP contribution in [0.3, 0.4) is 0 Å². The fourth-order valence-corrected chi connectivity index (χ4v) is 2.40. The van der Waals surface area contributed by atoms with Crippen LogP contribution in [0.4, 0.5) is 10.5 Å². The predicted octanol–water partition coefficient (Wildman–Crippen LogP) is 1.80. The highest BCUT2D eigenvalue weighted by atomic mass is 16.2. The molecule has 3 N–H and O–H groups in total. The van der Waals surface area contributed by atoms with Gasteiger partial charge in [-0.05, 0) is 49.9 Å². The predicted molar refractivity (Wildman–Crippen MR) is 73.8 cm³/mol. The van der Waals surface area contributed by atoms with Crippen molar-refractivity contribution < 1.29 is 4.79 Å². The van der Waals surface area contributed by atoms with Gasteiger partial charge in [0.15, 0.2) is 0 Å². The minimum absolute atomic E-state index is 0.00280. The van der Waals surface area contributed by atoms with Gasteiger partial charge >= 0.3 is 6.03 Å². The molecule has 1 aromatic rings. The average Bonchev–Trinajstić information content (AvgIpc) is 2.36. The minimum Gasteiger partial charge on any atom is -0.337 e. The molecule has 1 atom stereocenters. The van der Waals surface area contributed by atoms with E-state index >= 15 is 0 Å². The van der Waals surface area contributed by atoms with Crippen LogP contribution in [-0.2, 0) is 0 Å². The number of aryl methyl sites for hydroxylation is 1. The highest BCUT2D eigenvalue weighted by Crippen LogP contribution is 2.25. The SMILES string of the molecule is Cc1cccc(N2CC(CCN)CNC2=O)c1C. The monoisotopic (exact) mass is 247 g/mol. The van der Waals surface area contributed by atoms with Crippen molar-refractivity contribution in [2.24, 2.45) is 11.7 Å². The van der Waals surface area contributed by atoms with Crippen LogP contribution < -0.4 is 16.0 Å². The summed E-state index contributed by atoms with van der Waals surface area (Å²) in [5, 5.41) is 2.94. The van der Waals surface area contributed by atoms with Gasteiger partial charge in [0.05, 0.1) is 0 Å². The Hall–Kier alpha value is -1.55. The highest BCUT2D eigenvalue weighted by molar-refractivity contribution is 5.93. The van der Waals surface area contributed by atoms with E-state index < -0.39 is 0 Å². The van der Waals surface area contributed by atoms with Crippen LogP contribution in [0, 0.1) is 19.8 Å². The van der Waals surface area contributed by atoms with E-state index in [0.29, 0.717) is 12.5 Å². The first-order chi connectivity index (χ1) is 8.63. The van der Waals surface area contributed by atoms with E-state index in [9.17, 15) is 4.79 Å². The fraction of sp³-hybridized carbons (Fsp3) is 0.500. The summed E-state index contributed by atoms with van der Waals surface area (Å²) in [5.41, 5.74) is 8.99. The van der Waals surface area contributed by atoms with E-state index in [2.05, 4.69) is 25.2 Å². The summed E-state index contributed by atoms with van der Waals surface area (Å²) in [4.78, 5) is 13.8. The molecule has 0 radical (unpaired) electrons. The van der Waals surface area contributed by atoms with Gasteiger partial charge in [0.2, 0.25) is 0 Å². The Morgan fingerprint density at radius 3 is 2.94 bits per heavy atom. The lowest BCUT2D eigenvalue weighted by molar-refractivity contribution is 0.236. The number of nitrogens with two attached hydrogens (primary N) is 1. The van der Waals surface area contributed by atoms with Crippen molar-refractivity contribution in [1.82, 2.24) is 5.32 Å². The Balaban J connectivity index is 2.24. The maximum absolute atomic E-state index is 12.0. The number of rotatable bonds is 3. The second kappa shape index (κ2) is 5.40. The van der Waals surface area contributed by atoms with E-state index in [4.69, 9.17) is 5.73 Å². The van der Waals surface area contributed by atoms with Gasteiger partial charge in [-0.25, -0.2) is 4.79 Å².